The van der Waals surface area contributed by atoms with E-state index in [1.807, 2.05) is 66.1 Å². The lowest BCUT2D eigenvalue weighted by atomic mass is 9.86. The van der Waals surface area contributed by atoms with Crippen LogP contribution in [0.3, 0.4) is 0 Å². The quantitative estimate of drug-likeness (QED) is 0.174. The summed E-state index contributed by atoms with van der Waals surface area (Å²) in [5, 5.41) is 4.24. The number of aryl methyl sites for hydroxylation is 1. The number of fused-ring (bicyclic) bond motifs is 6. The lowest BCUT2D eigenvalue weighted by Crippen LogP contribution is -2.11. The molecule has 3 aromatic heterocycles. The average molecular weight is 834 g/mol. The van der Waals surface area contributed by atoms with Crippen molar-refractivity contribution in [2.45, 2.75) is 65.5 Å². The first kappa shape index (κ1) is 40.0. The van der Waals surface area contributed by atoms with Crippen LogP contribution in [-0.4, -0.2) is 24.1 Å². The maximum absolute atomic E-state index is 14.8. The number of benzene rings is 7. The van der Waals surface area contributed by atoms with Gasteiger partial charge in [-0.15, -0.1) is 0 Å². The van der Waals surface area contributed by atoms with Crippen LogP contribution < -0.4 is 0 Å². The van der Waals surface area contributed by atoms with Crippen molar-refractivity contribution in [1.29, 1.82) is 0 Å². The number of hydrogen-bond donors (Lipinski definition) is 0. The third-order valence-electron chi connectivity index (χ3n) is 12.2. The molecule has 0 atom stereocenters. The van der Waals surface area contributed by atoms with Crippen LogP contribution >= 0.6 is 0 Å². The first-order valence-electron chi connectivity index (χ1n) is 21.3. The van der Waals surface area contributed by atoms with Crippen molar-refractivity contribution in [3.05, 3.63) is 174 Å². The van der Waals surface area contributed by atoms with E-state index in [1.165, 1.54) is 11.6 Å². The number of alkyl halides is 3. The molecule has 8 heteroatoms. The highest BCUT2D eigenvalue weighted by Crippen LogP contribution is 2.42. The highest BCUT2D eigenvalue weighted by atomic mass is 19.4. The first-order valence-corrected chi connectivity index (χ1v) is 21.3. The summed E-state index contributed by atoms with van der Waals surface area (Å²) in [5.41, 5.74) is 9.19. The first-order chi connectivity index (χ1) is 30.0. The summed E-state index contributed by atoms with van der Waals surface area (Å²) >= 11 is 0. The fraction of sp³-hybridized carbons (Fsp3) is 0.182. The van der Waals surface area contributed by atoms with Crippen molar-refractivity contribution in [2.24, 2.45) is 0 Å². The number of para-hydroxylation sites is 2. The maximum atomic E-state index is 14.8. The molecule has 5 nitrogen and oxygen atoms in total. The minimum Gasteiger partial charge on any atom is -0.309 e. The number of halogens is 3. The number of rotatable bonds is 5. The fourth-order valence-electron chi connectivity index (χ4n) is 8.84. The van der Waals surface area contributed by atoms with Crippen LogP contribution in [0.5, 0.6) is 0 Å². The molecule has 312 valence electrons. The standard InChI is InChI=1S/C55H46F3N5/c1-33-21-25-48(62-44-19-13-11-17-38(44)40-30-35(53(2,3)4)22-26-46(40)62)42(29-33)51-59-50(34-15-9-8-10-16-34)60-52(61-51)43-32-37(55(56,57)58)24-28-49(43)63-45-20-14-12-18-39(45)41-31-36(54(5,6)7)23-27-47(41)63/h8-32H,1-7H3. The lowest BCUT2D eigenvalue weighted by Gasteiger charge is -2.20. The van der Waals surface area contributed by atoms with Gasteiger partial charge in [-0.05, 0) is 95.6 Å². The van der Waals surface area contributed by atoms with Crippen molar-refractivity contribution in [3.63, 3.8) is 0 Å². The molecule has 10 rings (SSSR count). The Balaban J connectivity index is 1.28. The van der Waals surface area contributed by atoms with E-state index in [0.29, 0.717) is 22.9 Å². The van der Waals surface area contributed by atoms with E-state index in [-0.39, 0.29) is 22.2 Å². The molecular formula is C55H46F3N5. The summed E-state index contributed by atoms with van der Waals surface area (Å²) in [6, 6.07) is 49.1. The Bertz CT molecular complexity index is 3420. The Hall–Kier alpha value is -7.06. The van der Waals surface area contributed by atoms with E-state index in [1.54, 1.807) is 6.07 Å². The zero-order chi connectivity index (χ0) is 44.0. The topological polar surface area (TPSA) is 48.5 Å². The summed E-state index contributed by atoms with van der Waals surface area (Å²) in [4.78, 5) is 15.4. The van der Waals surface area contributed by atoms with E-state index < -0.39 is 11.7 Å². The fourth-order valence-corrected chi connectivity index (χ4v) is 8.84. The van der Waals surface area contributed by atoms with Gasteiger partial charge in [0, 0.05) is 38.2 Å². The Morgan fingerprint density at radius 3 is 1.33 bits per heavy atom. The van der Waals surface area contributed by atoms with Gasteiger partial charge in [0.05, 0.1) is 39.0 Å². The highest BCUT2D eigenvalue weighted by molar-refractivity contribution is 6.11. The Morgan fingerprint density at radius 2 is 0.825 bits per heavy atom. The molecule has 0 saturated heterocycles. The van der Waals surface area contributed by atoms with Crippen LogP contribution in [-0.2, 0) is 17.0 Å². The van der Waals surface area contributed by atoms with Crippen molar-refractivity contribution >= 4 is 43.6 Å². The monoisotopic (exact) mass is 833 g/mol. The third kappa shape index (κ3) is 6.94. The normalized spacial score (nSPS) is 12.6. The van der Waals surface area contributed by atoms with E-state index in [0.717, 1.165) is 72.1 Å². The van der Waals surface area contributed by atoms with Gasteiger partial charge in [-0.3, -0.25) is 0 Å². The minimum absolute atomic E-state index is 0.0571. The van der Waals surface area contributed by atoms with Crippen LogP contribution in [0.1, 0.15) is 63.8 Å². The molecule has 0 saturated carbocycles. The van der Waals surface area contributed by atoms with Gasteiger partial charge in [-0.25, -0.2) is 15.0 Å². The minimum atomic E-state index is -4.62. The molecule has 0 unspecified atom stereocenters. The molecule has 0 radical (unpaired) electrons. The SMILES string of the molecule is Cc1ccc(-n2c3ccccc3c3cc(C(C)(C)C)ccc32)c(-c2nc(-c3ccccc3)nc(-c3cc(C(F)(F)F)ccc3-n3c4ccccc4c4cc(C(C)(C)C)ccc43)n2)c1. The van der Waals surface area contributed by atoms with E-state index in [9.17, 15) is 13.2 Å². The van der Waals surface area contributed by atoms with Gasteiger partial charge in [0.2, 0.25) is 0 Å². The second-order valence-corrected chi connectivity index (χ2v) is 18.6. The van der Waals surface area contributed by atoms with Crippen molar-refractivity contribution < 1.29 is 13.2 Å². The van der Waals surface area contributed by atoms with E-state index in [4.69, 9.17) is 15.0 Å². The van der Waals surface area contributed by atoms with Crippen LogP contribution in [0.15, 0.2) is 152 Å². The molecular weight excluding hydrogens is 788 g/mol. The van der Waals surface area contributed by atoms with Crippen LogP contribution in [0.2, 0.25) is 0 Å². The van der Waals surface area contributed by atoms with Crippen LogP contribution in [0.25, 0.3) is 89.2 Å². The number of nitrogens with zero attached hydrogens (tertiary/aromatic N) is 5. The predicted octanol–water partition coefficient (Wildman–Crippen LogP) is 15.0. The number of hydrogen-bond acceptors (Lipinski definition) is 3. The average Bonchev–Trinajstić information content (AvgIpc) is 3.77. The van der Waals surface area contributed by atoms with Gasteiger partial charge in [0.15, 0.2) is 17.5 Å². The predicted molar refractivity (Wildman–Crippen MR) is 252 cm³/mol. The lowest BCUT2D eigenvalue weighted by molar-refractivity contribution is -0.137. The summed E-state index contributed by atoms with van der Waals surface area (Å²) < 4.78 is 48.8. The van der Waals surface area contributed by atoms with Gasteiger partial charge in [-0.1, -0.05) is 132 Å². The Labute approximate surface area is 364 Å². The second-order valence-electron chi connectivity index (χ2n) is 18.6. The van der Waals surface area contributed by atoms with Gasteiger partial charge in [0.25, 0.3) is 0 Å². The van der Waals surface area contributed by atoms with Gasteiger partial charge in [-0.2, -0.15) is 13.2 Å². The number of aromatic nitrogens is 5. The molecule has 3 heterocycles. The van der Waals surface area contributed by atoms with Crippen molar-refractivity contribution in [1.82, 2.24) is 24.1 Å². The molecule has 0 fully saturated rings. The van der Waals surface area contributed by atoms with Gasteiger partial charge in [0.1, 0.15) is 0 Å². The van der Waals surface area contributed by atoms with Crippen LogP contribution in [0, 0.1) is 6.92 Å². The van der Waals surface area contributed by atoms with E-state index in [2.05, 4.69) is 125 Å². The zero-order valence-electron chi connectivity index (χ0n) is 36.3. The highest BCUT2D eigenvalue weighted by Gasteiger charge is 2.33. The Morgan fingerprint density at radius 1 is 0.397 bits per heavy atom. The Kier molecular flexibility index (Phi) is 9.22. The van der Waals surface area contributed by atoms with Crippen molar-refractivity contribution in [2.75, 3.05) is 0 Å². The van der Waals surface area contributed by atoms with E-state index >= 15 is 0 Å². The van der Waals surface area contributed by atoms with Gasteiger partial charge >= 0.3 is 6.18 Å². The second kappa shape index (κ2) is 14.5. The summed E-state index contributed by atoms with van der Waals surface area (Å²) in [7, 11) is 0. The summed E-state index contributed by atoms with van der Waals surface area (Å²) in [6.07, 6.45) is -4.62. The molecule has 7 aromatic carbocycles. The summed E-state index contributed by atoms with van der Waals surface area (Å²) in [5.74, 6) is 0.817. The van der Waals surface area contributed by atoms with Crippen LogP contribution in [0.4, 0.5) is 13.2 Å². The summed E-state index contributed by atoms with van der Waals surface area (Å²) in [6.45, 7) is 15.2. The molecule has 0 aliphatic heterocycles. The van der Waals surface area contributed by atoms with Crippen molar-refractivity contribution in [3.8, 4) is 45.5 Å². The van der Waals surface area contributed by atoms with Gasteiger partial charge < -0.3 is 9.13 Å². The maximum Gasteiger partial charge on any atom is 0.416 e. The molecule has 10 aromatic rings. The largest absolute Gasteiger partial charge is 0.416 e. The molecule has 0 amide bonds. The molecule has 0 spiro atoms. The molecule has 0 N–H and O–H groups in total. The molecule has 0 aliphatic carbocycles. The smallest absolute Gasteiger partial charge is 0.309 e. The molecule has 0 bridgehead atoms. The molecule has 63 heavy (non-hydrogen) atoms. The zero-order valence-corrected chi connectivity index (χ0v) is 36.3. The molecule has 0 aliphatic rings. The third-order valence-corrected chi connectivity index (χ3v) is 12.2.